The van der Waals surface area contributed by atoms with E-state index in [9.17, 15) is 0 Å². The summed E-state index contributed by atoms with van der Waals surface area (Å²) in [5.74, 6) is 1.75. The van der Waals surface area contributed by atoms with Gasteiger partial charge < -0.3 is 15.0 Å². The monoisotopic (exact) mass is 471 g/mol. The molecule has 0 aliphatic heterocycles. The lowest BCUT2D eigenvalue weighted by atomic mass is 10.2. The zero-order chi connectivity index (χ0) is 18.2. The Kier molecular flexibility index (Phi) is 9.47. The fourth-order valence-electron chi connectivity index (χ4n) is 2.55. The van der Waals surface area contributed by atoms with Crippen molar-refractivity contribution in [2.45, 2.75) is 33.4 Å². The van der Waals surface area contributed by atoms with E-state index in [1.54, 1.807) is 0 Å². The van der Waals surface area contributed by atoms with Crippen LogP contribution < -0.4 is 10.1 Å². The van der Waals surface area contributed by atoms with Gasteiger partial charge in [0.2, 0.25) is 0 Å². The van der Waals surface area contributed by atoms with E-state index in [4.69, 9.17) is 9.73 Å². The van der Waals surface area contributed by atoms with Crippen LogP contribution >= 0.6 is 24.0 Å². The van der Waals surface area contributed by atoms with Gasteiger partial charge in [-0.25, -0.2) is 4.99 Å². The van der Waals surface area contributed by atoms with E-state index >= 15 is 0 Å². The number of aliphatic imine (C=N–C) groups is 1. The van der Waals surface area contributed by atoms with Crippen molar-refractivity contribution in [1.82, 2.24) is 20.0 Å². The Labute approximate surface area is 173 Å². The topological polar surface area (TPSA) is 54.7 Å². The first-order valence-electron chi connectivity index (χ1n) is 8.68. The van der Waals surface area contributed by atoms with Crippen LogP contribution in [0.2, 0.25) is 0 Å². The van der Waals surface area contributed by atoms with Crippen LogP contribution in [0.3, 0.4) is 0 Å². The highest BCUT2D eigenvalue weighted by molar-refractivity contribution is 14.0. The highest BCUT2D eigenvalue weighted by Crippen LogP contribution is 2.14. The number of aromatic nitrogens is 2. The zero-order valence-corrected chi connectivity index (χ0v) is 18.6. The predicted molar refractivity (Wildman–Crippen MR) is 117 cm³/mol. The molecular weight excluding hydrogens is 441 g/mol. The summed E-state index contributed by atoms with van der Waals surface area (Å²) in [6.45, 7) is 8.34. The summed E-state index contributed by atoms with van der Waals surface area (Å²) in [6.07, 6.45) is 3.90. The minimum absolute atomic E-state index is 0. The maximum Gasteiger partial charge on any atom is 0.194 e. The van der Waals surface area contributed by atoms with E-state index in [1.165, 1.54) is 5.56 Å². The number of hydrogen-bond donors (Lipinski definition) is 1. The van der Waals surface area contributed by atoms with Crippen LogP contribution in [-0.4, -0.2) is 46.9 Å². The number of nitrogens with one attached hydrogen (secondary N) is 1. The van der Waals surface area contributed by atoms with E-state index in [2.05, 4.69) is 35.2 Å². The third kappa shape index (κ3) is 7.23. The van der Waals surface area contributed by atoms with E-state index in [0.29, 0.717) is 6.54 Å². The van der Waals surface area contributed by atoms with Crippen molar-refractivity contribution in [2.24, 2.45) is 12.0 Å². The maximum absolute atomic E-state index is 5.96. The first-order chi connectivity index (χ1) is 12.0. The number of nitrogens with zero attached hydrogens (tertiary/aromatic N) is 4. The number of halogens is 1. The Morgan fingerprint density at radius 2 is 2.19 bits per heavy atom. The highest BCUT2D eigenvalue weighted by atomic mass is 127. The molecule has 0 aliphatic rings. The average Bonchev–Trinajstić information content (AvgIpc) is 2.96. The number of hydrogen-bond acceptors (Lipinski definition) is 3. The fourth-order valence-corrected chi connectivity index (χ4v) is 2.55. The SMILES string of the molecule is CCNC(=NCC(C)Oc1cccc(C)c1)N(C)Cc1cnn(C)c1.I. The van der Waals surface area contributed by atoms with Gasteiger partial charge in [-0.3, -0.25) is 4.68 Å². The van der Waals surface area contributed by atoms with Gasteiger partial charge in [0, 0.05) is 38.9 Å². The molecule has 0 radical (unpaired) electrons. The van der Waals surface area contributed by atoms with Gasteiger partial charge in [-0.2, -0.15) is 5.10 Å². The largest absolute Gasteiger partial charge is 0.489 e. The smallest absolute Gasteiger partial charge is 0.194 e. The number of ether oxygens (including phenoxy) is 1. The van der Waals surface area contributed by atoms with Crippen LogP contribution in [0.25, 0.3) is 0 Å². The summed E-state index contributed by atoms with van der Waals surface area (Å²) in [5, 5.41) is 7.54. The van der Waals surface area contributed by atoms with Crippen molar-refractivity contribution in [2.75, 3.05) is 20.1 Å². The molecule has 1 N–H and O–H groups in total. The van der Waals surface area contributed by atoms with Crippen molar-refractivity contribution in [3.63, 3.8) is 0 Å². The van der Waals surface area contributed by atoms with E-state index in [-0.39, 0.29) is 30.1 Å². The molecule has 144 valence electrons. The van der Waals surface area contributed by atoms with Gasteiger partial charge in [0.15, 0.2) is 5.96 Å². The van der Waals surface area contributed by atoms with Gasteiger partial charge >= 0.3 is 0 Å². The minimum atomic E-state index is 0. The summed E-state index contributed by atoms with van der Waals surface area (Å²) in [4.78, 5) is 6.81. The maximum atomic E-state index is 5.96. The highest BCUT2D eigenvalue weighted by Gasteiger charge is 2.10. The van der Waals surface area contributed by atoms with Crippen molar-refractivity contribution >= 4 is 29.9 Å². The van der Waals surface area contributed by atoms with Crippen molar-refractivity contribution in [3.05, 3.63) is 47.8 Å². The fraction of sp³-hybridized carbons (Fsp3) is 0.474. The molecule has 0 fully saturated rings. The first-order valence-corrected chi connectivity index (χ1v) is 8.68. The van der Waals surface area contributed by atoms with E-state index in [0.717, 1.165) is 30.4 Å². The third-order valence-corrected chi connectivity index (χ3v) is 3.70. The second-order valence-corrected chi connectivity index (χ2v) is 6.32. The molecule has 0 amide bonds. The molecular formula is C19H30IN5O. The Balaban J connectivity index is 0.00000338. The Morgan fingerprint density at radius 3 is 2.81 bits per heavy atom. The second kappa shape index (κ2) is 11.1. The summed E-state index contributed by atoms with van der Waals surface area (Å²) < 4.78 is 7.77. The van der Waals surface area contributed by atoms with Gasteiger partial charge in [0.25, 0.3) is 0 Å². The molecule has 1 atom stereocenters. The molecule has 26 heavy (non-hydrogen) atoms. The van der Waals surface area contributed by atoms with Crippen molar-refractivity contribution in [3.8, 4) is 5.75 Å². The minimum Gasteiger partial charge on any atom is -0.489 e. The average molecular weight is 471 g/mol. The lowest BCUT2D eigenvalue weighted by Crippen LogP contribution is -2.39. The van der Waals surface area contributed by atoms with Gasteiger partial charge in [-0.05, 0) is 38.5 Å². The van der Waals surface area contributed by atoms with E-state index in [1.807, 2.05) is 56.3 Å². The van der Waals surface area contributed by atoms with Crippen LogP contribution in [0.1, 0.15) is 25.0 Å². The lowest BCUT2D eigenvalue weighted by Gasteiger charge is -2.22. The third-order valence-electron chi connectivity index (χ3n) is 3.70. The number of rotatable bonds is 7. The Bertz CT molecular complexity index is 701. The zero-order valence-electron chi connectivity index (χ0n) is 16.3. The molecule has 1 heterocycles. The van der Waals surface area contributed by atoms with Gasteiger partial charge in [0.05, 0.1) is 12.7 Å². The Hall–Kier alpha value is -1.77. The molecule has 0 spiro atoms. The van der Waals surface area contributed by atoms with Crippen LogP contribution in [0.5, 0.6) is 5.75 Å². The molecule has 0 saturated carbocycles. The molecule has 7 heteroatoms. The molecule has 6 nitrogen and oxygen atoms in total. The summed E-state index contributed by atoms with van der Waals surface area (Å²) >= 11 is 0. The number of aryl methyl sites for hydroxylation is 2. The summed E-state index contributed by atoms with van der Waals surface area (Å²) in [5.41, 5.74) is 2.34. The Morgan fingerprint density at radius 1 is 1.42 bits per heavy atom. The van der Waals surface area contributed by atoms with Crippen LogP contribution in [-0.2, 0) is 13.6 Å². The first kappa shape index (κ1) is 22.3. The standard InChI is InChI=1S/C19H29N5O.HI/c1-6-20-19(23(4)13-17-12-22-24(5)14-17)21-11-16(3)25-18-9-7-8-15(2)10-18;/h7-10,12,14,16H,6,11,13H2,1-5H3,(H,20,21);1H. The summed E-state index contributed by atoms with van der Waals surface area (Å²) in [7, 11) is 3.95. The molecule has 0 saturated heterocycles. The molecule has 0 bridgehead atoms. The van der Waals surface area contributed by atoms with Gasteiger partial charge in [-0.1, -0.05) is 12.1 Å². The molecule has 1 unspecified atom stereocenters. The van der Waals surface area contributed by atoms with Crippen molar-refractivity contribution < 1.29 is 4.74 Å². The molecule has 1 aromatic carbocycles. The molecule has 0 aliphatic carbocycles. The predicted octanol–water partition coefficient (Wildman–Crippen LogP) is 3.21. The van der Waals surface area contributed by atoms with Crippen molar-refractivity contribution in [1.29, 1.82) is 0 Å². The normalized spacial score (nSPS) is 12.3. The lowest BCUT2D eigenvalue weighted by molar-refractivity contribution is 0.229. The van der Waals surface area contributed by atoms with Gasteiger partial charge in [-0.15, -0.1) is 24.0 Å². The van der Waals surface area contributed by atoms with Crippen LogP contribution in [0.4, 0.5) is 0 Å². The number of benzene rings is 1. The quantitative estimate of drug-likeness (QED) is 0.383. The second-order valence-electron chi connectivity index (χ2n) is 6.32. The molecule has 1 aromatic heterocycles. The van der Waals surface area contributed by atoms with E-state index < -0.39 is 0 Å². The van der Waals surface area contributed by atoms with Crippen LogP contribution in [0.15, 0.2) is 41.7 Å². The van der Waals surface area contributed by atoms with Gasteiger partial charge in [0.1, 0.15) is 11.9 Å². The summed E-state index contributed by atoms with van der Waals surface area (Å²) in [6, 6.07) is 8.09. The van der Waals surface area contributed by atoms with Crippen LogP contribution in [0, 0.1) is 6.92 Å². The number of guanidine groups is 1. The molecule has 2 rings (SSSR count). The molecule has 2 aromatic rings.